The Kier molecular flexibility index (Phi) is 9.20. The van der Waals surface area contributed by atoms with Crippen LogP contribution in [-0.4, -0.2) is 18.9 Å². The van der Waals surface area contributed by atoms with Crippen LogP contribution in [-0.2, 0) is 9.53 Å². The molecule has 0 aliphatic heterocycles. The number of unbranched alkanes of at least 4 members (excludes halogenated alkanes) is 7. The molecule has 0 spiro atoms. The molecule has 0 bridgehead atoms. The lowest BCUT2D eigenvalue weighted by molar-refractivity contribution is -0.107. The molecule has 20 heavy (non-hydrogen) atoms. The first kappa shape index (κ1) is 16.4. The molecule has 0 fully saturated rings. The van der Waals surface area contributed by atoms with Gasteiger partial charge in [-0.1, -0.05) is 50.3 Å². The van der Waals surface area contributed by atoms with Crippen molar-refractivity contribution in [3.63, 3.8) is 0 Å². The van der Waals surface area contributed by atoms with Crippen molar-refractivity contribution < 1.29 is 14.3 Å². The minimum absolute atomic E-state index is 0.237. The quantitative estimate of drug-likeness (QED) is 0.346. The smallest absolute Gasteiger partial charge is 0.338 e. The van der Waals surface area contributed by atoms with E-state index in [2.05, 4.69) is 0 Å². The van der Waals surface area contributed by atoms with Crippen LogP contribution in [0.3, 0.4) is 0 Å². The van der Waals surface area contributed by atoms with Crippen LogP contribution in [0.15, 0.2) is 30.3 Å². The zero-order valence-electron chi connectivity index (χ0n) is 12.1. The van der Waals surface area contributed by atoms with Gasteiger partial charge in [0.2, 0.25) is 0 Å². The summed E-state index contributed by atoms with van der Waals surface area (Å²) in [6.07, 6.45) is 9.41. The van der Waals surface area contributed by atoms with Crippen LogP contribution in [0.5, 0.6) is 0 Å². The van der Waals surface area contributed by atoms with E-state index in [0.717, 1.165) is 32.0 Å². The molecule has 0 unspecified atom stereocenters. The molecule has 0 saturated carbocycles. The number of carbonyl (C=O) groups excluding carboxylic acids is 2. The van der Waals surface area contributed by atoms with E-state index >= 15 is 0 Å². The van der Waals surface area contributed by atoms with Gasteiger partial charge in [-0.05, 0) is 25.0 Å². The summed E-state index contributed by atoms with van der Waals surface area (Å²) < 4.78 is 5.21. The first-order valence-corrected chi connectivity index (χ1v) is 7.50. The predicted octanol–water partition coefficient (Wildman–Crippen LogP) is 4.16. The normalized spacial score (nSPS) is 10.2. The third kappa shape index (κ3) is 7.72. The number of hydrogen-bond donors (Lipinski definition) is 0. The second-order valence-corrected chi connectivity index (χ2v) is 4.93. The van der Waals surface area contributed by atoms with Crippen LogP contribution in [0.4, 0.5) is 0 Å². The van der Waals surface area contributed by atoms with Crippen molar-refractivity contribution in [1.29, 1.82) is 0 Å². The second-order valence-electron chi connectivity index (χ2n) is 4.93. The summed E-state index contributed by atoms with van der Waals surface area (Å²) in [5.41, 5.74) is 0.614. The van der Waals surface area contributed by atoms with Gasteiger partial charge in [0, 0.05) is 6.42 Å². The summed E-state index contributed by atoms with van der Waals surface area (Å²) in [5.74, 6) is -0.237. The van der Waals surface area contributed by atoms with Gasteiger partial charge in [0.1, 0.15) is 6.29 Å². The SMILES string of the molecule is O=CCCCCCCCCCOC(=O)c1ccccc1. The molecule has 0 aromatic heterocycles. The highest BCUT2D eigenvalue weighted by atomic mass is 16.5. The van der Waals surface area contributed by atoms with Crippen LogP contribution in [0, 0.1) is 0 Å². The number of rotatable bonds is 11. The summed E-state index contributed by atoms with van der Waals surface area (Å²) in [6.45, 7) is 0.499. The fourth-order valence-corrected chi connectivity index (χ4v) is 2.04. The molecule has 0 saturated heterocycles. The molecule has 0 radical (unpaired) electrons. The summed E-state index contributed by atoms with van der Waals surface area (Å²) in [7, 11) is 0. The lowest BCUT2D eigenvalue weighted by Gasteiger charge is -2.04. The van der Waals surface area contributed by atoms with Crippen molar-refractivity contribution in [3.05, 3.63) is 35.9 Å². The van der Waals surface area contributed by atoms with E-state index in [-0.39, 0.29) is 5.97 Å². The van der Waals surface area contributed by atoms with Crippen LogP contribution in [0.25, 0.3) is 0 Å². The van der Waals surface area contributed by atoms with E-state index < -0.39 is 0 Å². The topological polar surface area (TPSA) is 43.4 Å². The Labute approximate surface area is 121 Å². The zero-order valence-corrected chi connectivity index (χ0v) is 12.1. The Balaban J connectivity index is 1.92. The van der Waals surface area contributed by atoms with Gasteiger partial charge in [-0.2, -0.15) is 0 Å². The zero-order chi connectivity index (χ0) is 14.5. The Hall–Kier alpha value is -1.64. The molecule has 0 N–H and O–H groups in total. The highest BCUT2D eigenvalue weighted by molar-refractivity contribution is 5.89. The van der Waals surface area contributed by atoms with E-state index in [4.69, 9.17) is 4.74 Å². The molecule has 1 aromatic carbocycles. The van der Waals surface area contributed by atoms with Crippen LogP contribution < -0.4 is 0 Å². The molecule has 1 aromatic rings. The Morgan fingerprint density at radius 2 is 1.50 bits per heavy atom. The summed E-state index contributed by atoms with van der Waals surface area (Å²) in [4.78, 5) is 21.8. The van der Waals surface area contributed by atoms with Crippen molar-refractivity contribution in [2.24, 2.45) is 0 Å². The number of carbonyl (C=O) groups is 2. The number of ether oxygens (including phenoxy) is 1. The molecule has 1 rings (SSSR count). The molecular weight excluding hydrogens is 252 g/mol. The maximum Gasteiger partial charge on any atom is 0.338 e. The van der Waals surface area contributed by atoms with E-state index in [1.807, 2.05) is 18.2 Å². The highest BCUT2D eigenvalue weighted by Gasteiger charge is 2.04. The lowest BCUT2D eigenvalue weighted by Crippen LogP contribution is -2.06. The van der Waals surface area contributed by atoms with Gasteiger partial charge in [-0.25, -0.2) is 4.79 Å². The van der Waals surface area contributed by atoms with E-state index in [1.54, 1.807) is 12.1 Å². The third-order valence-corrected chi connectivity index (χ3v) is 3.21. The van der Waals surface area contributed by atoms with Crippen LogP contribution >= 0.6 is 0 Å². The summed E-state index contributed by atoms with van der Waals surface area (Å²) in [6, 6.07) is 9.08. The minimum Gasteiger partial charge on any atom is -0.462 e. The van der Waals surface area contributed by atoms with Gasteiger partial charge < -0.3 is 9.53 Å². The second kappa shape index (κ2) is 11.2. The predicted molar refractivity (Wildman–Crippen MR) is 79.7 cm³/mol. The number of hydrogen-bond acceptors (Lipinski definition) is 3. The van der Waals surface area contributed by atoms with Gasteiger partial charge in [0.05, 0.1) is 12.2 Å². The van der Waals surface area contributed by atoms with Crippen molar-refractivity contribution in [1.82, 2.24) is 0 Å². The molecule has 0 atom stereocenters. The molecule has 110 valence electrons. The fourth-order valence-electron chi connectivity index (χ4n) is 2.04. The van der Waals surface area contributed by atoms with Crippen molar-refractivity contribution in [2.45, 2.75) is 51.4 Å². The Morgan fingerprint density at radius 1 is 0.900 bits per heavy atom. The van der Waals surface area contributed by atoms with E-state index in [9.17, 15) is 9.59 Å². The maximum absolute atomic E-state index is 11.6. The standard InChI is InChI=1S/C17H24O3/c18-14-10-5-3-1-2-4-6-11-15-20-17(19)16-12-8-7-9-13-16/h7-9,12-14H,1-6,10-11,15H2. The summed E-state index contributed by atoms with van der Waals surface area (Å²) in [5, 5.41) is 0. The van der Waals surface area contributed by atoms with E-state index in [0.29, 0.717) is 18.6 Å². The van der Waals surface area contributed by atoms with Gasteiger partial charge in [0.25, 0.3) is 0 Å². The Morgan fingerprint density at radius 3 is 2.15 bits per heavy atom. The monoisotopic (exact) mass is 276 g/mol. The average Bonchev–Trinajstić information content (AvgIpc) is 2.50. The van der Waals surface area contributed by atoms with Crippen molar-refractivity contribution in [2.75, 3.05) is 6.61 Å². The first-order valence-electron chi connectivity index (χ1n) is 7.50. The van der Waals surface area contributed by atoms with Gasteiger partial charge in [0.15, 0.2) is 0 Å². The Bertz CT molecular complexity index is 373. The van der Waals surface area contributed by atoms with Gasteiger partial charge >= 0.3 is 5.97 Å². The molecular formula is C17H24O3. The largest absolute Gasteiger partial charge is 0.462 e. The molecule has 3 heteroatoms. The average molecular weight is 276 g/mol. The number of benzene rings is 1. The van der Waals surface area contributed by atoms with Crippen LogP contribution in [0.1, 0.15) is 61.7 Å². The van der Waals surface area contributed by atoms with Crippen molar-refractivity contribution in [3.8, 4) is 0 Å². The fraction of sp³-hybridized carbons (Fsp3) is 0.529. The highest BCUT2D eigenvalue weighted by Crippen LogP contribution is 2.08. The van der Waals surface area contributed by atoms with E-state index in [1.165, 1.54) is 19.3 Å². The number of aldehydes is 1. The van der Waals surface area contributed by atoms with Gasteiger partial charge in [-0.15, -0.1) is 0 Å². The molecule has 3 nitrogen and oxygen atoms in total. The maximum atomic E-state index is 11.6. The van der Waals surface area contributed by atoms with Crippen LogP contribution in [0.2, 0.25) is 0 Å². The van der Waals surface area contributed by atoms with Gasteiger partial charge in [-0.3, -0.25) is 0 Å². The summed E-state index contributed by atoms with van der Waals surface area (Å²) >= 11 is 0. The lowest BCUT2D eigenvalue weighted by atomic mass is 10.1. The molecule has 0 amide bonds. The minimum atomic E-state index is -0.237. The molecule has 0 aliphatic rings. The van der Waals surface area contributed by atoms with Crippen molar-refractivity contribution >= 4 is 12.3 Å². The third-order valence-electron chi connectivity index (χ3n) is 3.21. The first-order chi connectivity index (χ1) is 9.84. The molecule has 0 heterocycles. The number of esters is 1. The molecule has 0 aliphatic carbocycles.